The van der Waals surface area contributed by atoms with Gasteiger partial charge >= 0.3 is 0 Å². The number of nitrogens with zero attached hydrogens (tertiary/aromatic N) is 1. The number of nitrogens with one attached hydrogen (secondary N) is 1. The molecule has 1 unspecified atom stereocenters. The van der Waals surface area contributed by atoms with E-state index in [1.807, 2.05) is 12.3 Å². The highest BCUT2D eigenvalue weighted by atomic mass is 16.1. The highest BCUT2D eigenvalue weighted by Crippen LogP contribution is 2.48. The SMILES string of the molecule is CC(Nc1ccc(=O)n(C)c1)C1(C)CC1. The Bertz CT molecular complexity index is 418. The molecule has 1 aliphatic rings. The van der Waals surface area contributed by atoms with E-state index >= 15 is 0 Å². The molecule has 0 amide bonds. The van der Waals surface area contributed by atoms with Crippen LogP contribution in [0.5, 0.6) is 0 Å². The van der Waals surface area contributed by atoms with Crippen molar-refractivity contribution in [2.75, 3.05) is 5.32 Å². The molecule has 1 aromatic heterocycles. The Hall–Kier alpha value is -1.25. The zero-order valence-corrected chi connectivity index (χ0v) is 9.58. The van der Waals surface area contributed by atoms with Crippen molar-refractivity contribution in [1.29, 1.82) is 0 Å². The number of anilines is 1. The lowest BCUT2D eigenvalue weighted by Crippen LogP contribution is -2.26. The summed E-state index contributed by atoms with van der Waals surface area (Å²) in [6.45, 7) is 4.50. The molecule has 1 N–H and O–H groups in total. The van der Waals surface area contributed by atoms with Crippen molar-refractivity contribution in [3.05, 3.63) is 28.7 Å². The van der Waals surface area contributed by atoms with E-state index in [1.54, 1.807) is 17.7 Å². The van der Waals surface area contributed by atoms with Crippen LogP contribution in [0.3, 0.4) is 0 Å². The first kappa shape index (κ1) is 10.3. The smallest absolute Gasteiger partial charge is 0.250 e. The molecule has 1 fully saturated rings. The van der Waals surface area contributed by atoms with Crippen LogP contribution in [0.4, 0.5) is 5.69 Å². The van der Waals surface area contributed by atoms with Crippen LogP contribution >= 0.6 is 0 Å². The zero-order valence-electron chi connectivity index (χ0n) is 9.58. The van der Waals surface area contributed by atoms with E-state index in [0.717, 1.165) is 5.69 Å². The normalized spacial score (nSPS) is 19.7. The molecule has 1 atom stereocenters. The van der Waals surface area contributed by atoms with Crippen LogP contribution in [0.1, 0.15) is 26.7 Å². The largest absolute Gasteiger partial charge is 0.381 e. The maximum atomic E-state index is 11.2. The predicted molar refractivity (Wildman–Crippen MR) is 62.1 cm³/mol. The summed E-state index contributed by atoms with van der Waals surface area (Å²) in [5, 5.41) is 3.45. The third kappa shape index (κ3) is 2.06. The average Bonchev–Trinajstić information content (AvgIpc) is 2.92. The molecule has 1 heterocycles. The summed E-state index contributed by atoms with van der Waals surface area (Å²) >= 11 is 0. The van der Waals surface area contributed by atoms with Gasteiger partial charge in [0, 0.05) is 25.4 Å². The van der Waals surface area contributed by atoms with E-state index in [9.17, 15) is 4.79 Å². The molecular weight excluding hydrogens is 188 g/mol. The first-order chi connectivity index (χ1) is 7.01. The summed E-state index contributed by atoms with van der Waals surface area (Å²) in [5.41, 5.74) is 1.51. The molecule has 0 radical (unpaired) electrons. The molecule has 2 rings (SSSR count). The van der Waals surface area contributed by atoms with Crippen LogP contribution in [-0.2, 0) is 7.05 Å². The number of pyridine rings is 1. The third-order valence-electron chi connectivity index (χ3n) is 3.55. The van der Waals surface area contributed by atoms with Crippen LogP contribution in [0.15, 0.2) is 23.1 Å². The van der Waals surface area contributed by atoms with Gasteiger partial charge in [0.1, 0.15) is 0 Å². The number of aromatic nitrogens is 1. The first-order valence-corrected chi connectivity index (χ1v) is 5.44. The highest BCUT2D eigenvalue weighted by Gasteiger charge is 2.42. The molecule has 0 aliphatic heterocycles. The summed E-state index contributed by atoms with van der Waals surface area (Å²) in [7, 11) is 1.77. The van der Waals surface area contributed by atoms with E-state index in [0.29, 0.717) is 11.5 Å². The minimum absolute atomic E-state index is 0.0332. The Balaban J connectivity index is 2.11. The standard InChI is InChI=1S/C12H18N2O/c1-9(12(2)6-7-12)13-10-4-5-11(15)14(3)8-10/h4-5,8-9,13H,6-7H2,1-3H3. The second-order valence-corrected chi connectivity index (χ2v) is 4.89. The number of hydrogen-bond donors (Lipinski definition) is 1. The van der Waals surface area contributed by atoms with Gasteiger partial charge in [-0.1, -0.05) is 6.92 Å². The molecule has 3 heteroatoms. The lowest BCUT2D eigenvalue weighted by molar-refractivity contribution is 0.493. The molecule has 1 saturated carbocycles. The number of aryl methyl sites for hydroxylation is 1. The van der Waals surface area contributed by atoms with Crippen molar-refractivity contribution in [2.24, 2.45) is 12.5 Å². The van der Waals surface area contributed by atoms with Gasteiger partial charge in [-0.05, 0) is 31.2 Å². The predicted octanol–water partition coefficient (Wildman–Crippen LogP) is 1.99. The van der Waals surface area contributed by atoms with E-state index in [2.05, 4.69) is 19.2 Å². The lowest BCUT2D eigenvalue weighted by Gasteiger charge is -2.21. The summed E-state index contributed by atoms with van der Waals surface area (Å²) in [6.07, 6.45) is 4.45. The van der Waals surface area contributed by atoms with Crippen LogP contribution in [0.25, 0.3) is 0 Å². The maximum Gasteiger partial charge on any atom is 0.250 e. The van der Waals surface area contributed by atoms with Gasteiger partial charge < -0.3 is 9.88 Å². The van der Waals surface area contributed by atoms with Crippen LogP contribution in [-0.4, -0.2) is 10.6 Å². The Morgan fingerprint density at radius 3 is 2.67 bits per heavy atom. The molecule has 3 nitrogen and oxygen atoms in total. The molecule has 1 aliphatic carbocycles. The molecular formula is C12H18N2O. The van der Waals surface area contributed by atoms with Crippen LogP contribution in [0.2, 0.25) is 0 Å². The van der Waals surface area contributed by atoms with Gasteiger partial charge in [-0.3, -0.25) is 4.79 Å². The molecule has 82 valence electrons. The van der Waals surface area contributed by atoms with Crippen molar-refractivity contribution >= 4 is 5.69 Å². The Morgan fingerprint density at radius 2 is 2.13 bits per heavy atom. The second-order valence-electron chi connectivity index (χ2n) is 4.89. The van der Waals surface area contributed by atoms with Gasteiger partial charge in [0.25, 0.3) is 0 Å². The fourth-order valence-corrected chi connectivity index (χ4v) is 1.73. The Kier molecular flexibility index (Phi) is 2.33. The first-order valence-electron chi connectivity index (χ1n) is 5.44. The third-order valence-corrected chi connectivity index (χ3v) is 3.55. The zero-order chi connectivity index (χ0) is 11.1. The summed E-state index contributed by atoms with van der Waals surface area (Å²) in [4.78, 5) is 11.2. The second kappa shape index (κ2) is 3.40. The highest BCUT2D eigenvalue weighted by molar-refractivity contribution is 5.42. The topological polar surface area (TPSA) is 34.0 Å². The molecule has 1 aromatic rings. The monoisotopic (exact) mass is 206 g/mol. The van der Waals surface area contributed by atoms with Gasteiger partial charge in [0.15, 0.2) is 0 Å². The van der Waals surface area contributed by atoms with Gasteiger partial charge in [0.2, 0.25) is 5.56 Å². The van der Waals surface area contributed by atoms with Crippen molar-refractivity contribution in [3.8, 4) is 0 Å². The number of hydrogen-bond acceptors (Lipinski definition) is 2. The maximum absolute atomic E-state index is 11.2. The molecule has 0 bridgehead atoms. The van der Waals surface area contributed by atoms with Crippen molar-refractivity contribution in [1.82, 2.24) is 4.57 Å². The molecule has 0 saturated heterocycles. The Labute approximate surface area is 90.1 Å². The van der Waals surface area contributed by atoms with Crippen LogP contribution in [0, 0.1) is 5.41 Å². The molecule has 0 spiro atoms. The van der Waals surface area contributed by atoms with Gasteiger partial charge in [0.05, 0.1) is 5.69 Å². The fourth-order valence-electron chi connectivity index (χ4n) is 1.73. The van der Waals surface area contributed by atoms with Gasteiger partial charge in [-0.2, -0.15) is 0 Å². The number of rotatable bonds is 3. The summed E-state index contributed by atoms with van der Waals surface area (Å²) in [5.74, 6) is 0. The van der Waals surface area contributed by atoms with Crippen LogP contribution < -0.4 is 10.9 Å². The van der Waals surface area contributed by atoms with E-state index in [-0.39, 0.29) is 5.56 Å². The van der Waals surface area contributed by atoms with Crippen molar-refractivity contribution in [2.45, 2.75) is 32.7 Å². The van der Waals surface area contributed by atoms with Crippen molar-refractivity contribution < 1.29 is 0 Å². The lowest BCUT2D eigenvalue weighted by atomic mass is 10.0. The average molecular weight is 206 g/mol. The summed E-state index contributed by atoms with van der Waals surface area (Å²) in [6, 6.07) is 3.92. The van der Waals surface area contributed by atoms with E-state index in [1.165, 1.54) is 12.8 Å². The minimum Gasteiger partial charge on any atom is -0.381 e. The van der Waals surface area contributed by atoms with E-state index in [4.69, 9.17) is 0 Å². The van der Waals surface area contributed by atoms with Gasteiger partial charge in [-0.15, -0.1) is 0 Å². The molecule has 15 heavy (non-hydrogen) atoms. The quantitative estimate of drug-likeness (QED) is 0.820. The van der Waals surface area contributed by atoms with Crippen molar-refractivity contribution in [3.63, 3.8) is 0 Å². The fraction of sp³-hybridized carbons (Fsp3) is 0.583. The minimum atomic E-state index is 0.0332. The van der Waals surface area contributed by atoms with Gasteiger partial charge in [-0.25, -0.2) is 0 Å². The summed E-state index contributed by atoms with van der Waals surface area (Å²) < 4.78 is 1.60. The van der Waals surface area contributed by atoms with E-state index < -0.39 is 0 Å². The molecule has 0 aromatic carbocycles. The Morgan fingerprint density at radius 1 is 1.47 bits per heavy atom.